The van der Waals surface area contributed by atoms with Crippen LogP contribution in [0.1, 0.15) is 0 Å². The van der Waals surface area contributed by atoms with Crippen molar-refractivity contribution >= 4 is 25.9 Å². The fourth-order valence-electron chi connectivity index (χ4n) is 1.10. The molecule has 0 fully saturated rings. The Morgan fingerprint density at radius 3 is 2.39 bits per heavy atom. The summed E-state index contributed by atoms with van der Waals surface area (Å²) in [6.07, 6.45) is 2.27. The van der Waals surface area contributed by atoms with Crippen molar-refractivity contribution in [2.75, 3.05) is 25.1 Å². The Hall–Kier alpha value is -1.23. The molecule has 0 saturated carbocycles. The molecule has 0 aromatic carbocycles. The standard InChI is InChI=1S/C8H14N4O4S2/c1-17(13,14)11-4-5-12-18(15,16)7-2-3-10-8(9)6-7/h2-3,6,11-12H,4-5H2,1H3,(H2,9,10). The average Bonchev–Trinajstić information content (AvgIpc) is 2.23. The molecule has 0 atom stereocenters. The molecule has 18 heavy (non-hydrogen) atoms. The molecule has 0 unspecified atom stereocenters. The second-order valence-electron chi connectivity index (χ2n) is 3.48. The largest absolute Gasteiger partial charge is 0.384 e. The number of hydrogen-bond acceptors (Lipinski definition) is 6. The molecular formula is C8H14N4O4S2. The molecule has 0 aliphatic rings. The summed E-state index contributed by atoms with van der Waals surface area (Å²) in [6.45, 7) is -0.0870. The van der Waals surface area contributed by atoms with Crippen molar-refractivity contribution in [1.82, 2.24) is 14.4 Å². The predicted molar refractivity (Wildman–Crippen MR) is 66.7 cm³/mol. The van der Waals surface area contributed by atoms with Gasteiger partial charge in [0.25, 0.3) is 0 Å². The molecule has 8 nitrogen and oxygen atoms in total. The fourth-order valence-corrected chi connectivity index (χ4v) is 2.63. The molecule has 0 aliphatic carbocycles. The van der Waals surface area contributed by atoms with Crippen LogP contribution in [0.2, 0.25) is 0 Å². The summed E-state index contributed by atoms with van der Waals surface area (Å²) in [5.41, 5.74) is 5.37. The molecule has 0 spiro atoms. The number of rotatable bonds is 6. The number of anilines is 1. The van der Waals surface area contributed by atoms with Gasteiger partial charge in [-0.15, -0.1) is 0 Å². The van der Waals surface area contributed by atoms with Gasteiger partial charge in [0.15, 0.2) is 0 Å². The Morgan fingerprint density at radius 1 is 1.22 bits per heavy atom. The molecular weight excluding hydrogens is 280 g/mol. The summed E-state index contributed by atoms with van der Waals surface area (Å²) in [4.78, 5) is 3.66. The van der Waals surface area contributed by atoms with Gasteiger partial charge < -0.3 is 5.73 Å². The third kappa shape index (κ3) is 4.96. The zero-order valence-corrected chi connectivity index (χ0v) is 11.3. The minimum Gasteiger partial charge on any atom is -0.384 e. The second kappa shape index (κ2) is 5.61. The van der Waals surface area contributed by atoms with Gasteiger partial charge in [0, 0.05) is 25.4 Å². The maximum Gasteiger partial charge on any atom is 0.240 e. The van der Waals surface area contributed by atoms with E-state index >= 15 is 0 Å². The predicted octanol–water partition coefficient (Wildman–Crippen LogP) is -1.51. The Balaban J connectivity index is 2.61. The van der Waals surface area contributed by atoms with Crippen molar-refractivity contribution in [3.8, 4) is 0 Å². The van der Waals surface area contributed by atoms with Gasteiger partial charge in [-0.25, -0.2) is 31.3 Å². The van der Waals surface area contributed by atoms with Crippen LogP contribution in [0, 0.1) is 0 Å². The highest BCUT2D eigenvalue weighted by molar-refractivity contribution is 7.89. The van der Waals surface area contributed by atoms with Crippen molar-refractivity contribution in [2.45, 2.75) is 4.90 Å². The zero-order valence-electron chi connectivity index (χ0n) is 9.62. The van der Waals surface area contributed by atoms with E-state index in [1.807, 2.05) is 0 Å². The minimum atomic E-state index is -3.71. The Bertz CT molecular complexity index is 612. The van der Waals surface area contributed by atoms with Crippen LogP contribution in [0.3, 0.4) is 0 Å². The monoisotopic (exact) mass is 294 g/mol. The maximum atomic E-state index is 11.7. The van der Waals surface area contributed by atoms with Gasteiger partial charge in [-0.2, -0.15) is 0 Å². The molecule has 0 saturated heterocycles. The van der Waals surface area contributed by atoms with Crippen LogP contribution in [-0.2, 0) is 20.0 Å². The molecule has 0 bridgehead atoms. The number of nitrogen functional groups attached to an aromatic ring is 1. The highest BCUT2D eigenvalue weighted by Gasteiger charge is 2.13. The lowest BCUT2D eigenvalue weighted by atomic mass is 10.5. The molecule has 1 heterocycles. The first kappa shape index (κ1) is 14.8. The van der Waals surface area contributed by atoms with Crippen molar-refractivity contribution in [1.29, 1.82) is 0 Å². The SMILES string of the molecule is CS(=O)(=O)NCCNS(=O)(=O)c1ccnc(N)c1. The minimum absolute atomic E-state index is 0.0191. The summed E-state index contributed by atoms with van der Waals surface area (Å²) in [7, 11) is -7.03. The first-order chi connectivity index (χ1) is 8.21. The molecule has 0 aliphatic heterocycles. The van der Waals surface area contributed by atoms with Crippen LogP contribution in [0.4, 0.5) is 5.82 Å². The first-order valence-electron chi connectivity index (χ1n) is 4.86. The van der Waals surface area contributed by atoms with E-state index in [2.05, 4.69) is 14.4 Å². The van der Waals surface area contributed by atoms with E-state index in [0.29, 0.717) is 0 Å². The average molecular weight is 294 g/mol. The van der Waals surface area contributed by atoms with Crippen LogP contribution in [0.15, 0.2) is 23.2 Å². The molecule has 4 N–H and O–H groups in total. The van der Waals surface area contributed by atoms with Crippen LogP contribution in [-0.4, -0.2) is 41.2 Å². The summed E-state index contributed by atoms with van der Waals surface area (Å²) < 4.78 is 49.4. The molecule has 1 aromatic heterocycles. The van der Waals surface area contributed by atoms with E-state index < -0.39 is 20.0 Å². The zero-order chi connectivity index (χ0) is 13.8. The summed E-state index contributed by atoms with van der Waals surface area (Å²) in [5.74, 6) is 0.0899. The van der Waals surface area contributed by atoms with E-state index in [-0.39, 0.29) is 23.8 Å². The quantitative estimate of drug-likeness (QED) is 0.547. The van der Waals surface area contributed by atoms with Crippen molar-refractivity contribution < 1.29 is 16.8 Å². The van der Waals surface area contributed by atoms with Crippen molar-refractivity contribution in [3.63, 3.8) is 0 Å². The number of nitrogens with two attached hydrogens (primary N) is 1. The van der Waals surface area contributed by atoms with Gasteiger partial charge in [-0.3, -0.25) is 0 Å². The van der Waals surface area contributed by atoms with Gasteiger partial charge in [0.2, 0.25) is 20.0 Å². The number of sulfonamides is 2. The fraction of sp³-hybridized carbons (Fsp3) is 0.375. The highest BCUT2D eigenvalue weighted by Crippen LogP contribution is 2.09. The molecule has 0 amide bonds. The smallest absolute Gasteiger partial charge is 0.240 e. The number of nitrogens with zero attached hydrogens (tertiary/aromatic N) is 1. The topological polar surface area (TPSA) is 131 Å². The van der Waals surface area contributed by atoms with E-state index in [9.17, 15) is 16.8 Å². The van der Waals surface area contributed by atoms with E-state index in [4.69, 9.17) is 5.73 Å². The molecule has 1 aromatic rings. The maximum absolute atomic E-state index is 11.7. The van der Waals surface area contributed by atoms with E-state index in [1.165, 1.54) is 18.3 Å². The number of nitrogens with one attached hydrogen (secondary N) is 2. The normalized spacial score (nSPS) is 12.5. The van der Waals surface area contributed by atoms with Gasteiger partial charge in [-0.1, -0.05) is 0 Å². The summed E-state index contributed by atoms with van der Waals surface area (Å²) in [5, 5.41) is 0. The first-order valence-corrected chi connectivity index (χ1v) is 8.24. The lowest BCUT2D eigenvalue weighted by molar-refractivity contribution is 0.573. The van der Waals surface area contributed by atoms with Crippen molar-refractivity contribution in [2.24, 2.45) is 0 Å². The lowest BCUT2D eigenvalue weighted by Crippen LogP contribution is -2.34. The van der Waals surface area contributed by atoms with Crippen LogP contribution >= 0.6 is 0 Å². The third-order valence-electron chi connectivity index (χ3n) is 1.84. The van der Waals surface area contributed by atoms with E-state index in [1.54, 1.807) is 0 Å². The Kier molecular flexibility index (Phi) is 4.62. The number of aromatic nitrogens is 1. The molecule has 102 valence electrons. The Labute approximate surface area is 106 Å². The molecule has 10 heteroatoms. The van der Waals surface area contributed by atoms with Crippen molar-refractivity contribution in [3.05, 3.63) is 18.3 Å². The number of hydrogen-bond donors (Lipinski definition) is 3. The van der Waals surface area contributed by atoms with Gasteiger partial charge in [0.1, 0.15) is 5.82 Å². The van der Waals surface area contributed by atoms with Gasteiger partial charge in [0.05, 0.1) is 11.2 Å². The van der Waals surface area contributed by atoms with Crippen LogP contribution in [0.25, 0.3) is 0 Å². The summed E-state index contributed by atoms with van der Waals surface area (Å²) in [6, 6.07) is 2.51. The third-order valence-corrected chi connectivity index (χ3v) is 4.03. The Morgan fingerprint density at radius 2 is 1.83 bits per heavy atom. The summed E-state index contributed by atoms with van der Waals surface area (Å²) >= 11 is 0. The second-order valence-corrected chi connectivity index (χ2v) is 7.08. The highest BCUT2D eigenvalue weighted by atomic mass is 32.2. The van der Waals surface area contributed by atoms with E-state index in [0.717, 1.165) is 6.26 Å². The van der Waals surface area contributed by atoms with Gasteiger partial charge in [-0.05, 0) is 6.07 Å². The van der Waals surface area contributed by atoms with Gasteiger partial charge >= 0.3 is 0 Å². The molecule has 0 radical (unpaired) electrons. The van der Waals surface area contributed by atoms with Crippen LogP contribution in [0.5, 0.6) is 0 Å². The number of pyridine rings is 1. The van der Waals surface area contributed by atoms with Crippen LogP contribution < -0.4 is 15.2 Å². The lowest BCUT2D eigenvalue weighted by Gasteiger charge is -2.07. The molecule has 1 rings (SSSR count).